The molecule has 4 aliphatic rings. The number of hydrogen-bond donors (Lipinski definition) is 2. The van der Waals surface area contributed by atoms with Gasteiger partial charge in [-0.05, 0) is 58.6 Å². The maximum absolute atomic E-state index is 13.5. The molecular formula is C26H34N8O3S2. The van der Waals surface area contributed by atoms with Crippen molar-refractivity contribution in [1.82, 2.24) is 34.5 Å². The Labute approximate surface area is 232 Å². The summed E-state index contributed by atoms with van der Waals surface area (Å²) in [7, 11) is -1.82. The number of anilines is 1. The molecule has 4 heterocycles. The minimum Gasteiger partial charge on any atom is -0.366 e. The molecule has 0 unspecified atom stereocenters. The minimum atomic E-state index is -3.76. The molecule has 1 amide bonds. The van der Waals surface area contributed by atoms with Crippen molar-refractivity contribution in [3.8, 4) is 10.8 Å². The molecule has 39 heavy (non-hydrogen) atoms. The Balaban J connectivity index is 1.25. The smallest absolute Gasteiger partial charge is 0.242 e. The van der Waals surface area contributed by atoms with Crippen LogP contribution in [0.4, 0.5) is 5.69 Å². The van der Waals surface area contributed by atoms with Gasteiger partial charge in [-0.15, -0.1) is 10.2 Å². The van der Waals surface area contributed by atoms with E-state index in [1.54, 1.807) is 18.5 Å². The summed E-state index contributed by atoms with van der Waals surface area (Å²) in [6.07, 6.45) is 10.3. The van der Waals surface area contributed by atoms with Gasteiger partial charge in [-0.2, -0.15) is 0 Å². The van der Waals surface area contributed by atoms with Crippen LogP contribution in [-0.4, -0.2) is 77.6 Å². The Bertz CT molecular complexity index is 1540. The Morgan fingerprint density at radius 1 is 1.10 bits per heavy atom. The van der Waals surface area contributed by atoms with Crippen LogP contribution in [-0.2, 0) is 20.4 Å². The van der Waals surface area contributed by atoms with Crippen molar-refractivity contribution in [2.45, 2.75) is 67.8 Å². The molecule has 13 heteroatoms. The van der Waals surface area contributed by atoms with Gasteiger partial charge < -0.3 is 15.1 Å². The van der Waals surface area contributed by atoms with Crippen LogP contribution in [0, 0.1) is 5.92 Å². The SMILES string of the molecule is CNC1(c2nnc(-c3ncc4c(N5CCN(C(=O)C6CCC6)CC5)cc(S(=O)(=O)NC5(C)CC5)cn34)s2)CC1. The number of fused-ring (bicyclic) bond motifs is 1. The number of carbonyl (C=O) groups is 1. The molecule has 0 atom stereocenters. The van der Waals surface area contributed by atoms with Crippen molar-refractivity contribution in [2.24, 2.45) is 5.92 Å². The third-order valence-corrected chi connectivity index (χ3v) is 11.7. The highest BCUT2D eigenvalue weighted by Gasteiger charge is 2.46. The molecule has 3 aromatic heterocycles. The van der Waals surface area contributed by atoms with Crippen LogP contribution in [0.5, 0.6) is 0 Å². The second kappa shape index (κ2) is 8.95. The molecule has 4 fully saturated rings. The van der Waals surface area contributed by atoms with Gasteiger partial charge in [-0.25, -0.2) is 18.1 Å². The number of piperazine rings is 1. The van der Waals surface area contributed by atoms with Crippen molar-refractivity contribution in [3.63, 3.8) is 0 Å². The Morgan fingerprint density at radius 2 is 1.85 bits per heavy atom. The van der Waals surface area contributed by atoms with Gasteiger partial charge in [-0.3, -0.25) is 9.20 Å². The number of amides is 1. The fourth-order valence-corrected chi connectivity index (χ4v) is 8.14. The summed E-state index contributed by atoms with van der Waals surface area (Å²) < 4.78 is 31.8. The zero-order chi connectivity index (χ0) is 27.0. The standard InChI is InChI=1S/C26H34N8O3S2/c1-25(6-7-25)31-39(36,37)18-14-19(32-10-12-33(13-11-32)23(35)17-4-3-5-17)20-15-28-21(34(20)16-18)22-29-30-24(38-22)26(27-2)8-9-26/h14-17,27,31H,3-13H2,1-2H3. The van der Waals surface area contributed by atoms with Crippen LogP contribution < -0.4 is 14.9 Å². The summed E-state index contributed by atoms with van der Waals surface area (Å²) in [6, 6.07) is 1.75. The van der Waals surface area contributed by atoms with E-state index in [-0.39, 0.29) is 27.8 Å². The predicted molar refractivity (Wildman–Crippen MR) is 148 cm³/mol. The number of nitrogens with one attached hydrogen (secondary N) is 2. The molecular weight excluding hydrogens is 536 g/mol. The highest BCUT2D eigenvalue weighted by molar-refractivity contribution is 7.89. The highest BCUT2D eigenvalue weighted by Crippen LogP contribution is 2.47. The summed E-state index contributed by atoms with van der Waals surface area (Å²) in [5.41, 5.74) is 1.11. The van der Waals surface area contributed by atoms with Crippen LogP contribution in [0.2, 0.25) is 0 Å². The minimum absolute atomic E-state index is 0.108. The van der Waals surface area contributed by atoms with Gasteiger partial charge in [0.15, 0.2) is 10.8 Å². The Hall–Kier alpha value is -2.61. The molecule has 3 aliphatic carbocycles. The molecule has 0 bridgehead atoms. The topological polar surface area (TPSA) is 125 Å². The Morgan fingerprint density at radius 3 is 2.46 bits per heavy atom. The van der Waals surface area contributed by atoms with Gasteiger partial charge in [0, 0.05) is 43.8 Å². The number of hydrogen-bond acceptors (Lipinski definition) is 9. The van der Waals surface area contributed by atoms with Crippen molar-refractivity contribution in [1.29, 1.82) is 0 Å². The summed E-state index contributed by atoms with van der Waals surface area (Å²) >= 11 is 1.50. The third-order valence-electron chi connectivity index (χ3n) is 8.93. The van der Waals surface area contributed by atoms with Crippen molar-refractivity contribution in [3.05, 3.63) is 23.5 Å². The highest BCUT2D eigenvalue weighted by atomic mass is 32.2. The molecule has 208 valence electrons. The quantitative estimate of drug-likeness (QED) is 0.423. The fourth-order valence-electron chi connectivity index (χ4n) is 5.57. The molecule has 0 spiro atoms. The number of imidazole rings is 1. The average Bonchev–Trinajstić information content (AvgIpc) is 3.72. The van der Waals surface area contributed by atoms with Gasteiger partial charge in [0.2, 0.25) is 15.9 Å². The first-order chi connectivity index (χ1) is 18.7. The number of nitrogens with zero attached hydrogens (tertiary/aromatic N) is 6. The fraction of sp³-hybridized carbons (Fsp3) is 0.615. The molecule has 0 radical (unpaired) electrons. The van der Waals surface area contributed by atoms with E-state index < -0.39 is 10.0 Å². The third kappa shape index (κ3) is 4.43. The summed E-state index contributed by atoms with van der Waals surface area (Å²) in [5.74, 6) is 1.02. The maximum atomic E-state index is 13.5. The molecule has 1 aliphatic heterocycles. The summed E-state index contributed by atoms with van der Waals surface area (Å²) in [4.78, 5) is 21.9. The van der Waals surface area contributed by atoms with Gasteiger partial charge in [0.1, 0.15) is 9.90 Å². The second-order valence-electron chi connectivity index (χ2n) is 11.7. The van der Waals surface area contributed by atoms with E-state index in [1.807, 2.05) is 23.3 Å². The number of aromatic nitrogens is 4. The first kappa shape index (κ1) is 25.4. The van der Waals surface area contributed by atoms with E-state index in [1.165, 1.54) is 11.3 Å². The number of carbonyl (C=O) groups excluding carboxylic acids is 1. The van der Waals surface area contributed by atoms with Gasteiger partial charge in [0.05, 0.1) is 22.9 Å². The van der Waals surface area contributed by atoms with Crippen LogP contribution in [0.1, 0.15) is 56.9 Å². The average molecular weight is 571 g/mol. The lowest BCUT2D eigenvalue weighted by molar-refractivity contribution is -0.138. The van der Waals surface area contributed by atoms with Gasteiger partial charge >= 0.3 is 0 Å². The zero-order valence-electron chi connectivity index (χ0n) is 22.3. The molecule has 1 saturated heterocycles. The molecule has 7 rings (SSSR count). The monoisotopic (exact) mass is 570 g/mol. The van der Waals surface area contributed by atoms with E-state index in [4.69, 9.17) is 4.98 Å². The summed E-state index contributed by atoms with van der Waals surface area (Å²) in [6.45, 7) is 4.46. The Kier molecular flexibility index (Phi) is 5.82. The molecule has 0 aromatic carbocycles. The zero-order valence-corrected chi connectivity index (χ0v) is 23.9. The normalized spacial score (nSPS) is 22.2. The molecule has 2 N–H and O–H groups in total. The maximum Gasteiger partial charge on any atom is 0.242 e. The van der Waals surface area contributed by atoms with Crippen molar-refractivity contribution >= 4 is 38.5 Å². The largest absolute Gasteiger partial charge is 0.366 e. The van der Waals surface area contributed by atoms with Crippen LogP contribution in [0.25, 0.3) is 16.3 Å². The number of pyridine rings is 1. The van der Waals surface area contributed by atoms with Gasteiger partial charge in [-0.1, -0.05) is 17.8 Å². The van der Waals surface area contributed by atoms with E-state index >= 15 is 0 Å². The van der Waals surface area contributed by atoms with E-state index in [0.717, 1.165) is 61.2 Å². The van der Waals surface area contributed by atoms with E-state index in [0.29, 0.717) is 37.0 Å². The summed E-state index contributed by atoms with van der Waals surface area (Å²) in [5, 5.41) is 13.8. The van der Waals surface area contributed by atoms with Crippen LogP contribution >= 0.6 is 11.3 Å². The number of sulfonamides is 1. The van der Waals surface area contributed by atoms with Crippen LogP contribution in [0.15, 0.2) is 23.4 Å². The van der Waals surface area contributed by atoms with Crippen molar-refractivity contribution in [2.75, 3.05) is 38.1 Å². The van der Waals surface area contributed by atoms with E-state index in [2.05, 4.69) is 25.1 Å². The van der Waals surface area contributed by atoms with Crippen molar-refractivity contribution < 1.29 is 13.2 Å². The van der Waals surface area contributed by atoms with E-state index in [9.17, 15) is 13.2 Å². The lowest BCUT2D eigenvalue weighted by Crippen LogP contribution is -2.51. The molecule has 3 aromatic rings. The predicted octanol–water partition coefficient (Wildman–Crippen LogP) is 2.34. The van der Waals surface area contributed by atoms with Crippen LogP contribution in [0.3, 0.4) is 0 Å². The lowest BCUT2D eigenvalue weighted by atomic mass is 9.84. The molecule has 11 nitrogen and oxygen atoms in total. The second-order valence-corrected chi connectivity index (χ2v) is 14.4. The first-order valence-corrected chi connectivity index (χ1v) is 16.1. The molecule has 3 saturated carbocycles. The number of rotatable bonds is 8. The first-order valence-electron chi connectivity index (χ1n) is 13.8. The lowest BCUT2D eigenvalue weighted by Gasteiger charge is -2.39. The van der Waals surface area contributed by atoms with Gasteiger partial charge in [0.25, 0.3) is 0 Å².